The van der Waals surface area contributed by atoms with Crippen LogP contribution >= 0.6 is 0 Å². The Kier molecular flexibility index (Phi) is 4.34. The van der Waals surface area contributed by atoms with Crippen molar-refractivity contribution < 1.29 is 8.42 Å². The van der Waals surface area contributed by atoms with Gasteiger partial charge >= 0.3 is 0 Å². The van der Waals surface area contributed by atoms with Gasteiger partial charge < -0.3 is 5.73 Å². The zero-order valence-electron chi connectivity index (χ0n) is 12.5. The molecule has 0 heterocycles. The van der Waals surface area contributed by atoms with Crippen LogP contribution in [0.4, 0.5) is 5.69 Å². The summed E-state index contributed by atoms with van der Waals surface area (Å²) in [5, 5.41) is 0. The number of benzene rings is 2. The van der Waals surface area contributed by atoms with Crippen molar-refractivity contribution in [1.29, 1.82) is 0 Å². The Morgan fingerprint density at radius 2 is 1.71 bits per heavy atom. The lowest BCUT2D eigenvalue weighted by Gasteiger charge is -2.22. The van der Waals surface area contributed by atoms with Crippen molar-refractivity contribution in [3.05, 3.63) is 59.2 Å². The van der Waals surface area contributed by atoms with Crippen LogP contribution in [0.2, 0.25) is 0 Å². The molecule has 0 amide bonds. The van der Waals surface area contributed by atoms with Gasteiger partial charge in [0.15, 0.2) is 0 Å². The lowest BCUT2D eigenvalue weighted by atomic mass is 10.1. The molecule has 2 rings (SSSR count). The molecule has 0 spiro atoms. The van der Waals surface area contributed by atoms with Gasteiger partial charge in [0, 0.05) is 13.6 Å². The number of sulfonamides is 1. The van der Waals surface area contributed by atoms with Gasteiger partial charge in [-0.2, -0.15) is 0 Å². The molecule has 4 nitrogen and oxygen atoms in total. The summed E-state index contributed by atoms with van der Waals surface area (Å²) in [4.78, 5) is 0.263. The molecular formula is C16H20N2O2S. The van der Waals surface area contributed by atoms with Crippen molar-refractivity contribution in [2.75, 3.05) is 11.4 Å². The van der Waals surface area contributed by atoms with Gasteiger partial charge in [-0.25, -0.2) is 8.42 Å². The fourth-order valence-corrected chi connectivity index (χ4v) is 3.54. The number of para-hydroxylation sites is 1. The maximum absolute atomic E-state index is 12.7. The maximum Gasteiger partial charge on any atom is 0.264 e. The lowest BCUT2D eigenvalue weighted by molar-refractivity contribution is 0.594. The van der Waals surface area contributed by atoms with E-state index in [1.54, 1.807) is 31.3 Å². The number of nitrogens with two attached hydrogens (primary N) is 1. The van der Waals surface area contributed by atoms with Crippen molar-refractivity contribution in [2.45, 2.75) is 25.3 Å². The first-order valence-electron chi connectivity index (χ1n) is 6.72. The molecule has 21 heavy (non-hydrogen) atoms. The third-order valence-corrected chi connectivity index (χ3v) is 5.42. The predicted octanol–water partition coefficient (Wildman–Crippen LogP) is 2.59. The minimum absolute atomic E-state index is 0.263. The Labute approximate surface area is 126 Å². The largest absolute Gasteiger partial charge is 0.326 e. The fourth-order valence-electron chi connectivity index (χ4n) is 2.23. The summed E-state index contributed by atoms with van der Waals surface area (Å²) in [5.41, 5.74) is 9.09. The molecule has 0 unspecified atom stereocenters. The number of anilines is 1. The molecule has 0 bridgehead atoms. The van der Waals surface area contributed by atoms with Gasteiger partial charge in [-0.15, -0.1) is 0 Å². The van der Waals surface area contributed by atoms with E-state index in [-0.39, 0.29) is 4.90 Å². The summed E-state index contributed by atoms with van der Waals surface area (Å²) < 4.78 is 26.8. The molecule has 0 radical (unpaired) electrons. The number of hydrogen-bond donors (Lipinski definition) is 1. The van der Waals surface area contributed by atoms with Crippen LogP contribution in [0.25, 0.3) is 0 Å². The van der Waals surface area contributed by atoms with Gasteiger partial charge in [-0.1, -0.05) is 24.3 Å². The standard InChI is InChI=1S/C16H20N2O2S/c1-12-8-9-15(10-14(12)11-17)21(19,20)18(3)16-7-5-4-6-13(16)2/h4-10H,11,17H2,1-3H3. The van der Waals surface area contributed by atoms with E-state index in [1.165, 1.54) is 4.31 Å². The van der Waals surface area contributed by atoms with Crippen LogP contribution in [-0.4, -0.2) is 15.5 Å². The lowest BCUT2D eigenvalue weighted by Crippen LogP contribution is -2.27. The molecule has 0 aliphatic rings. The average Bonchev–Trinajstić information content (AvgIpc) is 2.47. The first-order chi connectivity index (χ1) is 9.87. The monoisotopic (exact) mass is 304 g/mol. The van der Waals surface area contributed by atoms with Gasteiger partial charge in [0.1, 0.15) is 0 Å². The molecule has 0 aliphatic heterocycles. The fraction of sp³-hybridized carbons (Fsp3) is 0.250. The molecule has 2 N–H and O–H groups in total. The predicted molar refractivity (Wildman–Crippen MR) is 85.8 cm³/mol. The highest BCUT2D eigenvalue weighted by atomic mass is 32.2. The van der Waals surface area contributed by atoms with Crippen molar-refractivity contribution >= 4 is 15.7 Å². The van der Waals surface area contributed by atoms with Crippen LogP contribution in [0, 0.1) is 13.8 Å². The first-order valence-corrected chi connectivity index (χ1v) is 8.16. The topological polar surface area (TPSA) is 63.4 Å². The molecule has 2 aromatic carbocycles. The molecule has 0 aromatic heterocycles. The van der Waals surface area contributed by atoms with E-state index in [0.29, 0.717) is 12.2 Å². The van der Waals surface area contributed by atoms with E-state index in [4.69, 9.17) is 5.73 Å². The van der Waals surface area contributed by atoms with Gasteiger partial charge in [0.05, 0.1) is 10.6 Å². The molecular weight excluding hydrogens is 284 g/mol. The van der Waals surface area contributed by atoms with Crippen LogP contribution in [0.5, 0.6) is 0 Å². The number of hydrogen-bond acceptors (Lipinski definition) is 3. The summed E-state index contributed by atoms with van der Waals surface area (Å²) in [6.45, 7) is 4.13. The minimum atomic E-state index is -3.59. The van der Waals surface area contributed by atoms with Gasteiger partial charge in [0.25, 0.3) is 10.0 Å². The average molecular weight is 304 g/mol. The summed E-state index contributed by atoms with van der Waals surface area (Å²) in [6, 6.07) is 12.5. The van der Waals surface area contributed by atoms with Crippen LogP contribution in [-0.2, 0) is 16.6 Å². The van der Waals surface area contributed by atoms with Gasteiger partial charge in [-0.3, -0.25) is 4.31 Å². The molecule has 0 saturated carbocycles. The highest BCUT2D eigenvalue weighted by molar-refractivity contribution is 7.92. The highest BCUT2D eigenvalue weighted by Crippen LogP contribution is 2.26. The van der Waals surface area contributed by atoms with Crippen LogP contribution in [0.3, 0.4) is 0 Å². The highest BCUT2D eigenvalue weighted by Gasteiger charge is 2.22. The summed E-state index contributed by atoms with van der Waals surface area (Å²) in [7, 11) is -2.02. The normalized spacial score (nSPS) is 11.4. The van der Waals surface area contributed by atoms with E-state index in [2.05, 4.69) is 0 Å². The van der Waals surface area contributed by atoms with Crippen LogP contribution in [0.1, 0.15) is 16.7 Å². The molecule has 2 aromatic rings. The van der Waals surface area contributed by atoms with Gasteiger partial charge in [0.2, 0.25) is 0 Å². The van der Waals surface area contributed by atoms with Crippen LogP contribution < -0.4 is 10.0 Å². The number of nitrogens with zero attached hydrogens (tertiary/aromatic N) is 1. The Hall–Kier alpha value is -1.85. The number of aryl methyl sites for hydroxylation is 2. The van der Waals surface area contributed by atoms with E-state index in [1.807, 2.05) is 32.0 Å². The summed E-state index contributed by atoms with van der Waals surface area (Å²) >= 11 is 0. The Balaban J connectivity index is 2.49. The summed E-state index contributed by atoms with van der Waals surface area (Å²) in [5.74, 6) is 0. The van der Waals surface area contributed by atoms with Crippen molar-refractivity contribution in [2.24, 2.45) is 5.73 Å². The third kappa shape index (κ3) is 2.94. The molecule has 5 heteroatoms. The van der Waals surface area contributed by atoms with Gasteiger partial charge in [-0.05, 0) is 48.7 Å². The van der Waals surface area contributed by atoms with Crippen molar-refractivity contribution in [1.82, 2.24) is 0 Å². The summed E-state index contributed by atoms with van der Waals surface area (Å²) in [6.07, 6.45) is 0. The number of rotatable bonds is 4. The maximum atomic E-state index is 12.7. The second kappa shape index (κ2) is 5.87. The molecule has 0 aliphatic carbocycles. The Morgan fingerprint density at radius 1 is 1.05 bits per heavy atom. The Bertz CT molecular complexity index is 755. The van der Waals surface area contributed by atoms with E-state index < -0.39 is 10.0 Å². The van der Waals surface area contributed by atoms with Crippen LogP contribution in [0.15, 0.2) is 47.4 Å². The zero-order valence-corrected chi connectivity index (χ0v) is 13.3. The minimum Gasteiger partial charge on any atom is -0.326 e. The SMILES string of the molecule is Cc1ccc(S(=O)(=O)N(C)c2ccccc2C)cc1CN. The van der Waals surface area contributed by atoms with E-state index in [0.717, 1.165) is 16.7 Å². The molecule has 0 atom stereocenters. The molecule has 0 saturated heterocycles. The molecule has 0 fully saturated rings. The first kappa shape index (κ1) is 15.5. The van der Waals surface area contributed by atoms with E-state index in [9.17, 15) is 8.42 Å². The second-order valence-corrected chi connectivity index (χ2v) is 7.02. The van der Waals surface area contributed by atoms with Crippen molar-refractivity contribution in [3.8, 4) is 0 Å². The smallest absolute Gasteiger partial charge is 0.264 e. The van der Waals surface area contributed by atoms with E-state index >= 15 is 0 Å². The van der Waals surface area contributed by atoms with Crippen molar-refractivity contribution in [3.63, 3.8) is 0 Å². The zero-order chi connectivity index (χ0) is 15.6. The quantitative estimate of drug-likeness (QED) is 0.944. The molecule has 112 valence electrons. The third-order valence-electron chi connectivity index (χ3n) is 3.65. The second-order valence-electron chi connectivity index (χ2n) is 5.05. The Morgan fingerprint density at radius 3 is 2.33 bits per heavy atom.